The number of rotatable bonds is 11. The Hall–Kier alpha value is -3.75. The molecule has 3 aromatic rings. The zero-order valence-electron chi connectivity index (χ0n) is 23.4. The van der Waals surface area contributed by atoms with Crippen LogP contribution in [0.5, 0.6) is 0 Å². The van der Waals surface area contributed by atoms with E-state index in [1.807, 2.05) is 100 Å². The molecule has 1 aromatic heterocycles. The summed E-state index contributed by atoms with van der Waals surface area (Å²) in [5, 5.41) is 15.5. The molecule has 0 bridgehead atoms. The molecule has 208 valence electrons. The number of amides is 2. The second-order valence-corrected chi connectivity index (χ2v) is 10.9. The topological polar surface area (TPSA) is 104 Å². The van der Waals surface area contributed by atoms with Gasteiger partial charge in [-0.3, -0.25) is 15.2 Å². The Bertz CT molecular complexity index is 1180. The SMILES string of the molecule is COC(=O)NC(C(=O)NN(Cc1ccc(-c2ccccn2)cc1)CC(O)C(C)Cc1ccccc1)C(C)(C)C. The van der Waals surface area contributed by atoms with Crippen molar-refractivity contribution in [3.63, 3.8) is 0 Å². The first-order valence-electron chi connectivity index (χ1n) is 13.2. The molecule has 0 aliphatic rings. The van der Waals surface area contributed by atoms with E-state index >= 15 is 0 Å². The van der Waals surface area contributed by atoms with E-state index in [4.69, 9.17) is 4.74 Å². The quantitative estimate of drug-likeness (QED) is 0.312. The summed E-state index contributed by atoms with van der Waals surface area (Å²) in [6, 6.07) is 22.9. The molecule has 0 radical (unpaired) electrons. The van der Waals surface area contributed by atoms with Crippen LogP contribution in [0.4, 0.5) is 4.79 Å². The van der Waals surface area contributed by atoms with Gasteiger partial charge in [0.1, 0.15) is 6.04 Å². The maximum atomic E-state index is 13.4. The van der Waals surface area contributed by atoms with Crippen molar-refractivity contribution in [2.75, 3.05) is 13.7 Å². The molecule has 3 N–H and O–H groups in total. The van der Waals surface area contributed by atoms with Crippen molar-refractivity contribution in [2.45, 2.75) is 52.8 Å². The molecule has 8 nitrogen and oxygen atoms in total. The third-order valence-corrected chi connectivity index (χ3v) is 6.60. The van der Waals surface area contributed by atoms with Crippen molar-refractivity contribution in [1.29, 1.82) is 0 Å². The monoisotopic (exact) mass is 532 g/mol. The predicted octanol–water partition coefficient (Wildman–Crippen LogP) is 4.59. The molecule has 0 spiro atoms. The van der Waals surface area contributed by atoms with Crippen LogP contribution in [0.3, 0.4) is 0 Å². The fraction of sp³-hybridized carbons (Fsp3) is 0.387. The van der Waals surface area contributed by atoms with E-state index in [0.29, 0.717) is 13.0 Å². The van der Waals surface area contributed by atoms with Gasteiger partial charge in [-0.2, -0.15) is 0 Å². The van der Waals surface area contributed by atoms with Crippen molar-refractivity contribution in [1.82, 2.24) is 20.7 Å². The molecular weight excluding hydrogens is 492 g/mol. The molecule has 0 aliphatic heterocycles. The van der Waals surface area contributed by atoms with Crippen LogP contribution in [0.15, 0.2) is 79.0 Å². The maximum absolute atomic E-state index is 13.4. The number of hydrogen-bond acceptors (Lipinski definition) is 6. The third-order valence-electron chi connectivity index (χ3n) is 6.60. The Morgan fingerprint density at radius 3 is 2.23 bits per heavy atom. The molecule has 39 heavy (non-hydrogen) atoms. The van der Waals surface area contributed by atoms with E-state index in [9.17, 15) is 14.7 Å². The molecule has 8 heteroatoms. The number of carbonyl (C=O) groups is 2. The van der Waals surface area contributed by atoms with Gasteiger partial charge >= 0.3 is 6.09 Å². The number of pyridine rings is 1. The molecule has 0 saturated heterocycles. The lowest BCUT2D eigenvalue weighted by molar-refractivity contribution is -0.131. The summed E-state index contributed by atoms with van der Waals surface area (Å²) in [7, 11) is 1.26. The average molecular weight is 533 g/mol. The number of aliphatic hydroxyl groups is 1. The zero-order valence-corrected chi connectivity index (χ0v) is 23.4. The Balaban J connectivity index is 1.78. The Kier molecular flexibility index (Phi) is 10.6. The van der Waals surface area contributed by atoms with Crippen LogP contribution in [0.2, 0.25) is 0 Å². The number of aliphatic hydroxyl groups excluding tert-OH is 1. The van der Waals surface area contributed by atoms with Gasteiger partial charge in [-0.15, -0.1) is 0 Å². The van der Waals surface area contributed by atoms with E-state index in [1.54, 1.807) is 11.2 Å². The average Bonchev–Trinajstić information content (AvgIpc) is 2.92. The van der Waals surface area contributed by atoms with Crippen LogP contribution >= 0.6 is 0 Å². The summed E-state index contributed by atoms with van der Waals surface area (Å²) in [5.74, 6) is -0.439. The van der Waals surface area contributed by atoms with Gasteiger partial charge < -0.3 is 15.2 Å². The van der Waals surface area contributed by atoms with Crippen LogP contribution in [-0.4, -0.2) is 52.9 Å². The molecule has 0 fully saturated rings. The third kappa shape index (κ3) is 9.19. The van der Waals surface area contributed by atoms with E-state index in [-0.39, 0.29) is 18.4 Å². The number of methoxy groups -OCH3 is 1. The molecule has 2 amide bonds. The molecule has 2 aromatic carbocycles. The van der Waals surface area contributed by atoms with Gasteiger partial charge in [-0.1, -0.05) is 88.4 Å². The highest BCUT2D eigenvalue weighted by Crippen LogP contribution is 2.21. The minimum absolute atomic E-state index is 0.0510. The molecule has 3 rings (SSSR count). The second kappa shape index (κ2) is 13.9. The molecular formula is C31H40N4O4. The fourth-order valence-corrected chi connectivity index (χ4v) is 4.28. The van der Waals surface area contributed by atoms with Gasteiger partial charge in [0, 0.05) is 24.8 Å². The van der Waals surface area contributed by atoms with E-state index in [1.165, 1.54) is 7.11 Å². The molecule has 0 aliphatic carbocycles. The van der Waals surface area contributed by atoms with Crippen molar-refractivity contribution in [3.8, 4) is 11.3 Å². The number of hydrazine groups is 1. The standard InChI is InChI=1S/C31H40N4O4/c1-22(19-23-11-7-6-8-12-23)27(36)21-35(34-29(37)28(31(2,3)4)33-30(38)39-5)20-24-14-16-25(17-15-24)26-13-9-10-18-32-26/h6-18,22,27-28,36H,19-21H2,1-5H3,(H,33,38)(H,34,37). The Morgan fingerprint density at radius 1 is 0.974 bits per heavy atom. The van der Waals surface area contributed by atoms with Crippen molar-refractivity contribution >= 4 is 12.0 Å². The number of alkyl carbamates (subject to hydrolysis) is 1. The first-order valence-corrected chi connectivity index (χ1v) is 13.2. The second-order valence-electron chi connectivity index (χ2n) is 10.9. The summed E-state index contributed by atoms with van der Waals surface area (Å²) >= 11 is 0. The van der Waals surface area contributed by atoms with Gasteiger partial charge in [0.25, 0.3) is 5.91 Å². The molecule has 3 atom stereocenters. The van der Waals surface area contributed by atoms with E-state index < -0.39 is 23.7 Å². The number of carbonyl (C=O) groups excluding carboxylic acids is 2. The first kappa shape index (κ1) is 29.8. The van der Waals surface area contributed by atoms with Crippen LogP contribution in [0, 0.1) is 11.3 Å². The highest BCUT2D eigenvalue weighted by atomic mass is 16.5. The Morgan fingerprint density at radius 2 is 1.64 bits per heavy atom. The van der Waals surface area contributed by atoms with E-state index in [2.05, 4.69) is 15.7 Å². The lowest BCUT2D eigenvalue weighted by Gasteiger charge is -2.34. The number of hydrogen-bond donors (Lipinski definition) is 3. The van der Waals surface area contributed by atoms with Gasteiger partial charge in [-0.05, 0) is 41.0 Å². The minimum atomic E-state index is -0.849. The fourth-order valence-electron chi connectivity index (χ4n) is 4.28. The van der Waals surface area contributed by atoms with Crippen molar-refractivity contribution in [3.05, 3.63) is 90.1 Å². The smallest absolute Gasteiger partial charge is 0.407 e. The summed E-state index contributed by atoms with van der Waals surface area (Å²) in [6.07, 6.45) is 1.07. The minimum Gasteiger partial charge on any atom is -0.453 e. The van der Waals surface area contributed by atoms with Gasteiger partial charge in [0.2, 0.25) is 0 Å². The van der Waals surface area contributed by atoms with Crippen LogP contribution in [-0.2, 0) is 22.5 Å². The zero-order chi connectivity index (χ0) is 28.4. The molecule has 0 saturated carbocycles. The van der Waals surface area contributed by atoms with Gasteiger partial charge in [-0.25, -0.2) is 9.80 Å². The van der Waals surface area contributed by atoms with E-state index in [0.717, 1.165) is 22.4 Å². The lowest BCUT2D eigenvalue weighted by atomic mass is 9.86. The van der Waals surface area contributed by atoms with Gasteiger partial charge in [0.05, 0.1) is 18.9 Å². The number of nitrogens with one attached hydrogen (secondary N) is 2. The largest absolute Gasteiger partial charge is 0.453 e. The highest BCUT2D eigenvalue weighted by molar-refractivity contribution is 5.86. The van der Waals surface area contributed by atoms with Crippen molar-refractivity contribution < 1.29 is 19.4 Å². The Labute approximate surface area is 231 Å². The number of ether oxygens (including phenoxy) is 1. The van der Waals surface area contributed by atoms with Gasteiger partial charge in [0.15, 0.2) is 0 Å². The summed E-state index contributed by atoms with van der Waals surface area (Å²) < 4.78 is 4.74. The van der Waals surface area contributed by atoms with Crippen molar-refractivity contribution in [2.24, 2.45) is 11.3 Å². The number of aromatic nitrogens is 1. The molecule has 3 unspecified atom stereocenters. The first-order chi connectivity index (χ1) is 18.6. The number of benzene rings is 2. The summed E-state index contributed by atoms with van der Waals surface area (Å²) in [6.45, 7) is 8.16. The summed E-state index contributed by atoms with van der Waals surface area (Å²) in [4.78, 5) is 29.8. The highest BCUT2D eigenvalue weighted by Gasteiger charge is 2.34. The van der Waals surface area contributed by atoms with Crippen LogP contribution < -0.4 is 10.7 Å². The summed E-state index contributed by atoms with van der Waals surface area (Å²) in [5.41, 5.74) is 6.33. The van der Waals surface area contributed by atoms with Crippen LogP contribution in [0.25, 0.3) is 11.3 Å². The predicted molar refractivity (Wildman–Crippen MR) is 152 cm³/mol. The maximum Gasteiger partial charge on any atom is 0.407 e. The van der Waals surface area contributed by atoms with Crippen LogP contribution in [0.1, 0.15) is 38.8 Å². The normalized spacial score (nSPS) is 13.8. The molecule has 1 heterocycles. The number of nitrogens with zero attached hydrogens (tertiary/aromatic N) is 2. The lowest BCUT2D eigenvalue weighted by Crippen LogP contribution is -2.58.